The highest BCUT2D eigenvalue weighted by Gasteiger charge is 2.24. The Kier molecular flexibility index (Phi) is 9.48. The Morgan fingerprint density at radius 2 is 1.52 bits per heavy atom. The normalized spacial score (nSPS) is 13.2. The number of halogens is 1. The molecule has 0 saturated carbocycles. The molecule has 2 aromatic carbocycles. The zero-order valence-corrected chi connectivity index (χ0v) is 18.5. The highest BCUT2D eigenvalue weighted by molar-refractivity contribution is 7.89. The van der Waals surface area contributed by atoms with Crippen LogP contribution in [0, 0.1) is 11.3 Å². The molecule has 6 heteroatoms. The van der Waals surface area contributed by atoms with Crippen LogP contribution in [0.25, 0.3) is 11.1 Å². The van der Waals surface area contributed by atoms with Crippen LogP contribution in [0.3, 0.4) is 0 Å². The van der Waals surface area contributed by atoms with Gasteiger partial charge in [0.1, 0.15) is 5.67 Å². The second kappa shape index (κ2) is 11.1. The van der Waals surface area contributed by atoms with E-state index in [1.165, 1.54) is 13.8 Å². The van der Waals surface area contributed by atoms with Crippen LogP contribution in [0.15, 0.2) is 48.5 Å². The zero-order valence-electron chi connectivity index (χ0n) is 17.7. The lowest BCUT2D eigenvalue weighted by molar-refractivity contribution is 0.172. The molecule has 0 aliphatic rings. The van der Waals surface area contributed by atoms with Crippen LogP contribution in [0.2, 0.25) is 0 Å². The van der Waals surface area contributed by atoms with E-state index < -0.39 is 20.9 Å². The van der Waals surface area contributed by atoms with Gasteiger partial charge >= 0.3 is 0 Å². The molecule has 0 saturated heterocycles. The van der Waals surface area contributed by atoms with Crippen LogP contribution in [0.1, 0.15) is 58.1 Å². The summed E-state index contributed by atoms with van der Waals surface area (Å²) in [5.41, 5.74) is 2.65. The standard InChI is InChI=1S/C20H22FN.C3H9NO2S/c1-3-4-14-20(2,21)19-11-9-18(10-12-19)17-7-5-16(6-8-17)13-15-22;1-3(2)7(4,5)6/h5-12H,3-4,13-14H2,1-2H3;3H,1-2H3,(H2,4,5,6)/t20-;/m1./s1. The molecule has 0 unspecified atom stereocenters. The fourth-order valence-corrected chi connectivity index (χ4v) is 2.57. The summed E-state index contributed by atoms with van der Waals surface area (Å²) in [5, 5.41) is 12.9. The summed E-state index contributed by atoms with van der Waals surface area (Å²) < 4.78 is 34.9. The minimum absolute atomic E-state index is 0.427. The Labute approximate surface area is 174 Å². The molecule has 0 aliphatic carbocycles. The van der Waals surface area contributed by atoms with Gasteiger partial charge < -0.3 is 0 Å². The first kappa shape index (κ1) is 24.8. The Morgan fingerprint density at radius 3 is 1.90 bits per heavy atom. The zero-order chi connectivity index (χ0) is 22.1. The molecule has 4 nitrogen and oxygen atoms in total. The maximum atomic E-state index is 14.7. The molecule has 0 aromatic heterocycles. The van der Waals surface area contributed by atoms with Gasteiger partial charge in [-0.3, -0.25) is 0 Å². The predicted octanol–water partition coefficient (Wildman–Crippen LogP) is 5.48. The van der Waals surface area contributed by atoms with Crippen LogP contribution in [0.4, 0.5) is 4.39 Å². The van der Waals surface area contributed by atoms with Gasteiger partial charge in [-0.25, -0.2) is 17.9 Å². The number of hydrogen-bond acceptors (Lipinski definition) is 3. The van der Waals surface area contributed by atoms with E-state index in [-0.39, 0.29) is 0 Å². The first-order valence-corrected chi connectivity index (χ1v) is 11.4. The molecule has 0 bridgehead atoms. The second-order valence-corrected chi connectivity index (χ2v) is 9.67. The fraction of sp³-hybridized carbons (Fsp3) is 0.435. The minimum atomic E-state index is -3.24. The fourth-order valence-electron chi connectivity index (χ4n) is 2.57. The first-order chi connectivity index (χ1) is 13.5. The Hall–Kier alpha value is -2.23. The van der Waals surface area contributed by atoms with E-state index in [1.807, 2.05) is 48.5 Å². The van der Waals surface area contributed by atoms with Crippen molar-refractivity contribution in [3.63, 3.8) is 0 Å². The van der Waals surface area contributed by atoms with Crippen molar-refractivity contribution in [2.45, 2.75) is 64.3 Å². The molecule has 2 rings (SSSR count). The maximum absolute atomic E-state index is 14.7. The summed E-state index contributed by atoms with van der Waals surface area (Å²) in [4.78, 5) is 0. The van der Waals surface area contributed by atoms with Crippen molar-refractivity contribution in [2.75, 3.05) is 0 Å². The van der Waals surface area contributed by atoms with Gasteiger partial charge in [-0.05, 0) is 49.4 Å². The Morgan fingerprint density at radius 1 is 1.07 bits per heavy atom. The lowest BCUT2D eigenvalue weighted by Gasteiger charge is -2.21. The van der Waals surface area contributed by atoms with E-state index in [0.29, 0.717) is 12.8 Å². The van der Waals surface area contributed by atoms with Gasteiger partial charge in [0.25, 0.3) is 0 Å². The van der Waals surface area contributed by atoms with Crippen LogP contribution in [-0.4, -0.2) is 13.7 Å². The second-order valence-electron chi connectivity index (χ2n) is 7.55. The van der Waals surface area contributed by atoms with Gasteiger partial charge in [-0.15, -0.1) is 0 Å². The van der Waals surface area contributed by atoms with E-state index >= 15 is 0 Å². The lowest BCUT2D eigenvalue weighted by atomic mass is 9.91. The molecular formula is C23H31FN2O2S. The van der Waals surface area contributed by atoms with Gasteiger partial charge in [0, 0.05) is 0 Å². The predicted molar refractivity (Wildman–Crippen MR) is 117 cm³/mol. The SMILES string of the molecule is CC(C)S(N)(=O)=O.CCCC[C@@](C)(F)c1ccc(-c2ccc(CC#N)cc2)cc1. The van der Waals surface area contributed by atoms with Gasteiger partial charge in [0.15, 0.2) is 0 Å². The molecule has 1 atom stereocenters. The third-order valence-electron chi connectivity index (χ3n) is 4.71. The third-order valence-corrected chi connectivity index (χ3v) is 6.03. The summed E-state index contributed by atoms with van der Waals surface area (Å²) in [6.45, 7) is 6.81. The Bertz CT molecular complexity index is 897. The average Bonchev–Trinajstić information content (AvgIpc) is 2.67. The number of rotatable bonds is 7. The number of alkyl halides is 1. The highest BCUT2D eigenvalue weighted by atomic mass is 32.2. The quantitative estimate of drug-likeness (QED) is 0.646. The molecule has 0 amide bonds. The summed E-state index contributed by atoms with van der Waals surface area (Å²) in [6.07, 6.45) is 2.89. The number of nitrogens with two attached hydrogens (primary N) is 1. The number of sulfonamides is 1. The number of primary sulfonamides is 1. The summed E-state index contributed by atoms with van der Waals surface area (Å²) >= 11 is 0. The molecular weight excluding hydrogens is 387 g/mol. The maximum Gasteiger partial charge on any atom is 0.211 e. The average molecular weight is 419 g/mol. The molecule has 2 aromatic rings. The van der Waals surface area contributed by atoms with Crippen molar-refractivity contribution < 1.29 is 12.8 Å². The molecule has 0 spiro atoms. The molecule has 2 N–H and O–H groups in total. The molecule has 0 aliphatic heterocycles. The van der Waals surface area contributed by atoms with E-state index in [9.17, 15) is 12.8 Å². The largest absolute Gasteiger partial charge is 0.239 e. The van der Waals surface area contributed by atoms with Crippen molar-refractivity contribution >= 4 is 10.0 Å². The number of nitrogens with zero attached hydrogens (tertiary/aromatic N) is 1. The number of nitriles is 1. The van der Waals surface area contributed by atoms with Gasteiger partial charge in [-0.2, -0.15) is 5.26 Å². The van der Waals surface area contributed by atoms with Crippen molar-refractivity contribution in [3.05, 3.63) is 59.7 Å². The molecule has 29 heavy (non-hydrogen) atoms. The topological polar surface area (TPSA) is 84.0 Å². The van der Waals surface area contributed by atoms with Gasteiger partial charge in [0.05, 0.1) is 17.7 Å². The van der Waals surface area contributed by atoms with Gasteiger partial charge in [0.2, 0.25) is 10.0 Å². The van der Waals surface area contributed by atoms with Crippen molar-refractivity contribution in [1.82, 2.24) is 0 Å². The summed E-state index contributed by atoms with van der Waals surface area (Å²) in [6, 6.07) is 17.8. The number of unbranched alkanes of at least 4 members (excludes halogenated alkanes) is 1. The summed E-state index contributed by atoms with van der Waals surface area (Å²) in [5.74, 6) is 0. The smallest absolute Gasteiger partial charge is 0.211 e. The minimum Gasteiger partial charge on any atom is -0.239 e. The molecule has 0 radical (unpaired) electrons. The Balaban J connectivity index is 0.000000516. The van der Waals surface area contributed by atoms with E-state index in [2.05, 4.69) is 18.1 Å². The van der Waals surface area contributed by atoms with E-state index in [1.54, 1.807) is 6.92 Å². The van der Waals surface area contributed by atoms with Crippen LogP contribution < -0.4 is 5.14 Å². The first-order valence-electron chi connectivity index (χ1n) is 9.78. The van der Waals surface area contributed by atoms with Crippen LogP contribution in [-0.2, 0) is 22.1 Å². The van der Waals surface area contributed by atoms with Crippen LogP contribution in [0.5, 0.6) is 0 Å². The number of benzene rings is 2. The number of hydrogen-bond donors (Lipinski definition) is 1. The summed E-state index contributed by atoms with van der Waals surface area (Å²) in [7, 11) is -3.24. The molecule has 0 fully saturated rings. The van der Waals surface area contributed by atoms with Crippen molar-refractivity contribution in [1.29, 1.82) is 5.26 Å². The van der Waals surface area contributed by atoms with E-state index in [0.717, 1.165) is 35.1 Å². The molecule has 158 valence electrons. The van der Waals surface area contributed by atoms with Crippen molar-refractivity contribution in [3.8, 4) is 17.2 Å². The van der Waals surface area contributed by atoms with Gasteiger partial charge in [-0.1, -0.05) is 68.3 Å². The monoisotopic (exact) mass is 418 g/mol. The van der Waals surface area contributed by atoms with Crippen LogP contribution >= 0.6 is 0 Å². The highest BCUT2D eigenvalue weighted by Crippen LogP contribution is 2.32. The third kappa shape index (κ3) is 8.35. The lowest BCUT2D eigenvalue weighted by Crippen LogP contribution is -2.22. The van der Waals surface area contributed by atoms with E-state index in [4.69, 9.17) is 5.26 Å². The molecule has 0 heterocycles. The van der Waals surface area contributed by atoms with Crippen molar-refractivity contribution in [2.24, 2.45) is 5.14 Å².